The van der Waals surface area contributed by atoms with Gasteiger partial charge in [0.1, 0.15) is 5.75 Å². The lowest BCUT2D eigenvalue weighted by Gasteiger charge is -2.14. The Labute approximate surface area is 185 Å². The van der Waals surface area contributed by atoms with Crippen LogP contribution in [0.5, 0.6) is 5.75 Å². The molecule has 2 heteroatoms. The van der Waals surface area contributed by atoms with E-state index in [0.717, 1.165) is 12.4 Å². The van der Waals surface area contributed by atoms with Crippen LogP contribution in [-0.2, 0) is 4.74 Å². The summed E-state index contributed by atoms with van der Waals surface area (Å²) in [6.45, 7) is 5.30. The summed E-state index contributed by atoms with van der Waals surface area (Å²) in [7, 11) is 1.70. The van der Waals surface area contributed by atoms with Crippen molar-refractivity contribution in [3.63, 3.8) is 0 Å². The van der Waals surface area contributed by atoms with Crippen LogP contribution in [-0.4, -0.2) is 13.7 Å². The van der Waals surface area contributed by atoms with Gasteiger partial charge in [-0.1, -0.05) is 108 Å². The van der Waals surface area contributed by atoms with E-state index in [1.165, 1.54) is 87.3 Å². The van der Waals surface area contributed by atoms with Gasteiger partial charge in [-0.3, -0.25) is 0 Å². The predicted molar refractivity (Wildman–Crippen MR) is 129 cm³/mol. The molecule has 0 spiro atoms. The zero-order valence-corrected chi connectivity index (χ0v) is 19.5. The van der Waals surface area contributed by atoms with Gasteiger partial charge in [0.2, 0.25) is 0 Å². The largest absolute Gasteiger partial charge is 0.497 e. The van der Waals surface area contributed by atoms with Crippen LogP contribution in [0.1, 0.15) is 96.1 Å². The zero-order valence-electron chi connectivity index (χ0n) is 19.5. The highest BCUT2D eigenvalue weighted by Crippen LogP contribution is 2.25. The summed E-state index contributed by atoms with van der Waals surface area (Å²) < 4.78 is 11.3. The first-order chi connectivity index (χ1) is 14.7. The molecule has 1 atom stereocenters. The third kappa shape index (κ3) is 9.34. The van der Waals surface area contributed by atoms with E-state index in [0.29, 0.717) is 0 Å². The molecule has 1 unspecified atom stereocenters. The maximum absolute atomic E-state index is 6.07. The third-order valence-electron chi connectivity index (χ3n) is 5.92. The van der Waals surface area contributed by atoms with Crippen LogP contribution in [0.3, 0.4) is 0 Å². The number of unbranched alkanes of at least 4 members (excludes halogenated alkanes) is 10. The third-order valence-corrected chi connectivity index (χ3v) is 5.92. The first kappa shape index (κ1) is 24.5. The predicted octanol–water partition coefficient (Wildman–Crippen LogP) is 8.75. The van der Waals surface area contributed by atoms with Gasteiger partial charge >= 0.3 is 0 Å². The summed E-state index contributed by atoms with van der Waals surface area (Å²) in [4.78, 5) is 0. The fraction of sp³-hybridized carbons (Fsp3) is 0.571. The molecule has 0 radical (unpaired) electrons. The minimum atomic E-state index is 0.151. The monoisotopic (exact) mass is 410 g/mol. The van der Waals surface area contributed by atoms with Crippen LogP contribution < -0.4 is 4.74 Å². The Bertz CT molecular complexity index is 660. The van der Waals surface area contributed by atoms with Crippen molar-refractivity contribution in [3.05, 3.63) is 54.1 Å². The van der Waals surface area contributed by atoms with Crippen molar-refractivity contribution in [1.29, 1.82) is 0 Å². The Kier molecular flexibility index (Phi) is 12.3. The molecule has 2 aromatic rings. The number of hydrogen-bond donors (Lipinski definition) is 0. The second-order valence-corrected chi connectivity index (χ2v) is 8.40. The lowest BCUT2D eigenvalue weighted by Crippen LogP contribution is -2.01. The summed E-state index contributed by atoms with van der Waals surface area (Å²) in [6.07, 6.45) is 15.2. The van der Waals surface area contributed by atoms with Crippen LogP contribution in [0.25, 0.3) is 11.1 Å². The Morgan fingerprint density at radius 1 is 0.633 bits per heavy atom. The molecule has 0 aliphatic heterocycles. The van der Waals surface area contributed by atoms with Gasteiger partial charge in [0.25, 0.3) is 0 Å². The molecule has 0 bridgehead atoms. The first-order valence-corrected chi connectivity index (χ1v) is 12.1. The molecule has 166 valence electrons. The minimum Gasteiger partial charge on any atom is -0.497 e. The number of ether oxygens (including phenoxy) is 2. The Morgan fingerprint density at radius 3 is 1.60 bits per heavy atom. The lowest BCUT2D eigenvalue weighted by molar-refractivity contribution is 0.0627. The summed E-state index contributed by atoms with van der Waals surface area (Å²) in [5.74, 6) is 0.889. The van der Waals surface area contributed by atoms with Crippen LogP contribution in [0.2, 0.25) is 0 Å². The average molecular weight is 411 g/mol. The van der Waals surface area contributed by atoms with E-state index >= 15 is 0 Å². The molecule has 0 amide bonds. The first-order valence-electron chi connectivity index (χ1n) is 12.1. The molecular formula is C28H42O2. The zero-order chi connectivity index (χ0) is 21.4. The molecule has 0 saturated heterocycles. The summed E-state index contributed by atoms with van der Waals surface area (Å²) in [5.41, 5.74) is 3.67. The van der Waals surface area contributed by atoms with E-state index < -0.39 is 0 Å². The van der Waals surface area contributed by atoms with E-state index in [9.17, 15) is 0 Å². The molecule has 0 fully saturated rings. The van der Waals surface area contributed by atoms with Crippen molar-refractivity contribution in [1.82, 2.24) is 0 Å². The summed E-state index contributed by atoms with van der Waals surface area (Å²) in [6, 6.07) is 16.9. The maximum Gasteiger partial charge on any atom is 0.118 e. The number of benzene rings is 2. The van der Waals surface area contributed by atoms with E-state index in [4.69, 9.17) is 9.47 Å². The van der Waals surface area contributed by atoms with Gasteiger partial charge in [-0.15, -0.1) is 0 Å². The van der Waals surface area contributed by atoms with E-state index in [2.05, 4.69) is 50.2 Å². The van der Waals surface area contributed by atoms with Gasteiger partial charge in [-0.05, 0) is 42.2 Å². The second-order valence-electron chi connectivity index (χ2n) is 8.40. The van der Waals surface area contributed by atoms with Crippen LogP contribution in [0, 0.1) is 0 Å². The molecule has 0 N–H and O–H groups in total. The lowest BCUT2D eigenvalue weighted by atomic mass is 10.0. The molecule has 2 rings (SSSR count). The Hall–Kier alpha value is -1.80. The maximum atomic E-state index is 6.07. The van der Waals surface area contributed by atoms with Gasteiger partial charge in [0.05, 0.1) is 13.2 Å². The fourth-order valence-corrected chi connectivity index (χ4v) is 3.85. The van der Waals surface area contributed by atoms with Crippen LogP contribution in [0.4, 0.5) is 0 Å². The van der Waals surface area contributed by atoms with Gasteiger partial charge in [0.15, 0.2) is 0 Å². The van der Waals surface area contributed by atoms with E-state index in [1.54, 1.807) is 7.11 Å². The summed E-state index contributed by atoms with van der Waals surface area (Å²) in [5, 5.41) is 0. The van der Waals surface area contributed by atoms with E-state index in [1.807, 2.05) is 12.1 Å². The topological polar surface area (TPSA) is 18.5 Å². The van der Waals surface area contributed by atoms with Crippen molar-refractivity contribution >= 4 is 0 Å². The van der Waals surface area contributed by atoms with Gasteiger partial charge in [-0.25, -0.2) is 0 Å². The standard InChI is InChI=1S/C28H42O2/c1-4-5-6-7-8-9-10-11-12-13-14-23-30-24(2)25-15-17-26(18-16-25)27-19-21-28(29-3)22-20-27/h15-22,24H,4-14,23H2,1-3H3. The van der Waals surface area contributed by atoms with E-state index in [-0.39, 0.29) is 6.10 Å². The van der Waals surface area contributed by atoms with Crippen molar-refractivity contribution < 1.29 is 9.47 Å². The van der Waals surface area contributed by atoms with Gasteiger partial charge in [-0.2, -0.15) is 0 Å². The smallest absolute Gasteiger partial charge is 0.118 e. The van der Waals surface area contributed by atoms with Gasteiger partial charge < -0.3 is 9.47 Å². The molecular weight excluding hydrogens is 368 g/mol. The highest BCUT2D eigenvalue weighted by Gasteiger charge is 2.06. The Morgan fingerprint density at radius 2 is 1.10 bits per heavy atom. The SMILES string of the molecule is CCCCCCCCCCCCCOC(C)c1ccc(-c2ccc(OC)cc2)cc1. The normalized spacial score (nSPS) is 12.1. The fourth-order valence-electron chi connectivity index (χ4n) is 3.85. The Balaban J connectivity index is 1.56. The van der Waals surface area contributed by atoms with Crippen molar-refractivity contribution in [2.45, 2.75) is 90.6 Å². The molecule has 0 heterocycles. The van der Waals surface area contributed by atoms with Crippen LogP contribution in [0.15, 0.2) is 48.5 Å². The molecule has 0 aliphatic carbocycles. The molecule has 2 nitrogen and oxygen atoms in total. The molecule has 0 saturated carbocycles. The molecule has 0 aromatic heterocycles. The molecule has 0 aliphatic rings. The van der Waals surface area contributed by atoms with Crippen molar-refractivity contribution in [3.8, 4) is 16.9 Å². The second kappa shape index (κ2) is 15.1. The minimum absolute atomic E-state index is 0.151. The highest BCUT2D eigenvalue weighted by atomic mass is 16.5. The number of methoxy groups -OCH3 is 1. The quantitative estimate of drug-likeness (QED) is 0.257. The van der Waals surface area contributed by atoms with Gasteiger partial charge in [0, 0.05) is 6.61 Å². The number of hydrogen-bond acceptors (Lipinski definition) is 2. The van der Waals surface area contributed by atoms with Crippen molar-refractivity contribution in [2.75, 3.05) is 13.7 Å². The summed E-state index contributed by atoms with van der Waals surface area (Å²) >= 11 is 0. The molecule has 2 aromatic carbocycles. The number of rotatable bonds is 16. The van der Waals surface area contributed by atoms with Crippen LogP contribution >= 0.6 is 0 Å². The highest BCUT2D eigenvalue weighted by molar-refractivity contribution is 5.64. The average Bonchev–Trinajstić information content (AvgIpc) is 2.80. The molecule has 30 heavy (non-hydrogen) atoms. The van der Waals surface area contributed by atoms with Crippen molar-refractivity contribution in [2.24, 2.45) is 0 Å².